The molecule has 0 fully saturated rings. The highest BCUT2D eigenvalue weighted by Gasteiger charge is 2.10. The van der Waals surface area contributed by atoms with E-state index in [-0.39, 0.29) is 12.5 Å². The monoisotopic (exact) mass is 397 g/mol. The van der Waals surface area contributed by atoms with Crippen molar-refractivity contribution in [2.24, 2.45) is 0 Å². The van der Waals surface area contributed by atoms with Crippen molar-refractivity contribution >= 4 is 11.6 Å². The minimum Gasteiger partial charge on any atom is -0.494 e. The molecule has 2 aromatic carbocycles. The first kappa shape index (κ1) is 22.8. The topological polar surface area (TPSA) is 47.6 Å². The highest BCUT2D eigenvalue weighted by atomic mass is 16.5. The minimum atomic E-state index is -0.175. The molecule has 0 saturated carbocycles. The van der Waals surface area contributed by atoms with Gasteiger partial charge in [-0.1, -0.05) is 58.6 Å². The van der Waals surface area contributed by atoms with Gasteiger partial charge in [-0.3, -0.25) is 4.79 Å². The Balaban J connectivity index is 1.77. The number of carbonyl (C=O) groups excluding carboxylic acids is 1. The van der Waals surface area contributed by atoms with Gasteiger partial charge in [0.25, 0.3) is 5.91 Å². The van der Waals surface area contributed by atoms with Gasteiger partial charge in [0.05, 0.1) is 6.61 Å². The normalized spacial score (nSPS) is 10.8. The largest absolute Gasteiger partial charge is 0.494 e. The fraction of sp³-hybridized carbons (Fsp3) is 0.480. The second-order valence-corrected chi connectivity index (χ2v) is 7.82. The van der Waals surface area contributed by atoms with E-state index in [2.05, 4.69) is 38.2 Å². The van der Waals surface area contributed by atoms with Crippen molar-refractivity contribution in [3.63, 3.8) is 0 Å². The van der Waals surface area contributed by atoms with Crippen LogP contribution in [0.15, 0.2) is 42.5 Å². The summed E-state index contributed by atoms with van der Waals surface area (Å²) in [5, 5.41) is 2.87. The van der Waals surface area contributed by atoms with Crippen LogP contribution in [0.5, 0.6) is 11.5 Å². The summed E-state index contributed by atoms with van der Waals surface area (Å²) in [6, 6.07) is 13.6. The molecule has 0 aliphatic rings. The zero-order valence-electron chi connectivity index (χ0n) is 18.3. The lowest BCUT2D eigenvalue weighted by molar-refractivity contribution is -0.118. The van der Waals surface area contributed by atoms with E-state index in [1.165, 1.54) is 25.7 Å². The maximum atomic E-state index is 12.3. The van der Waals surface area contributed by atoms with Crippen molar-refractivity contribution in [2.45, 2.75) is 65.7 Å². The third-order valence-electron chi connectivity index (χ3n) is 4.80. The maximum absolute atomic E-state index is 12.3. The van der Waals surface area contributed by atoms with Crippen LogP contribution in [-0.2, 0) is 4.79 Å². The van der Waals surface area contributed by atoms with E-state index in [9.17, 15) is 4.79 Å². The molecule has 2 rings (SSSR count). The van der Waals surface area contributed by atoms with E-state index < -0.39 is 0 Å². The number of carbonyl (C=O) groups is 1. The van der Waals surface area contributed by atoms with Crippen molar-refractivity contribution in [1.29, 1.82) is 0 Å². The van der Waals surface area contributed by atoms with Gasteiger partial charge < -0.3 is 14.8 Å². The molecule has 0 aliphatic carbocycles. The Bertz CT molecular complexity index is 753. The molecule has 0 aliphatic heterocycles. The SMILES string of the molecule is CCCCCCCOc1ccc(NC(=O)COc2cc(C)ccc2C(C)C)cc1. The van der Waals surface area contributed by atoms with Crippen molar-refractivity contribution in [2.75, 3.05) is 18.5 Å². The number of unbranched alkanes of at least 4 members (excludes halogenated alkanes) is 4. The molecule has 0 bridgehead atoms. The first-order valence-corrected chi connectivity index (χ1v) is 10.8. The molecule has 0 atom stereocenters. The number of anilines is 1. The maximum Gasteiger partial charge on any atom is 0.262 e. The zero-order chi connectivity index (χ0) is 21.1. The molecule has 0 unspecified atom stereocenters. The summed E-state index contributed by atoms with van der Waals surface area (Å²) in [6.45, 7) is 9.19. The lowest BCUT2D eigenvalue weighted by Crippen LogP contribution is -2.20. The highest BCUT2D eigenvalue weighted by molar-refractivity contribution is 5.91. The molecule has 0 aromatic heterocycles. The van der Waals surface area contributed by atoms with Gasteiger partial charge >= 0.3 is 0 Å². The summed E-state index contributed by atoms with van der Waals surface area (Å²) in [6.07, 6.45) is 6.10. The van der Waals surface area contributed by atoms with Crippen LogP contribution in [0.1, 0.15) is 69.9 Å². The van der Waals surface area contributed by atoms with E-state index in [0.717, 1.165) is 41.3 Å². The molecule has 1 N–H and O–H groups in total. The number of hydrogen-bond donors (Lipinski definition) is 1. The Morgan fingerprint density at radius 2 is 1.69 bits per heavy atom. The van der Waals surface area contributed by atoms with Gasteiger partial charge in [0, 0.05) is 5.69 Å². The molecular weight excluding hydrogens is 362 g/mol. The Morgan fingerprint density at radius 1 is 0.966 bits per heavy atom. The third kappa shape index (κ3) is 8.18. The molecule has 0 saturated heterocycles. The van der Waals surface area contributed by atoms with Gasteiger partial charge in [0.15, 0.2) is 6.61 Å². The quantitative estimate of drug-likeness (QED) is 0.417. The average molecular weight is 398 g/mol. The lowest BCUT2D eigenvalue weighted by Gasteiger charge is -2.15. The predicted molar refractivity (Wildman–Crippen MR) is 120 cm³/mol. The van der Waals surface area contributed by atoms with Crippen LogP contribution in [0.2, 0.25) is 0 Å². The molecule has 0 spiro atoms. The molecule has 29 heavy (non-hydrogen) atoms. The van der Waals surface area contributed by atoms with Gasteiger partial charge in [-0.25, -0.2) is 0 Å². The number of hydrogen-bond acceptors (Lipinski definition) is 3. The van der Waals surface area contributed by atoms with Gasteiger partial charge in [-0.05, 0) is 60.7 Å². The Morgan fingerprint density at radius 3 is 2.38 bits per heavy atom. The first-order chi connectivity index (χ1) is 14.0. The van der Waals surface area contributed by atoms with Crippen LogP contribution in [0.25, 0.3) is 0 Å². The standard InChI is InChI=1S/C25H35NO3/c1-5-6-7-8-9-16-28-22-13-11-21(12-14-22)26-25(27)18-29-24-17-20(4)10-15-23(24)19(2)3/h10-15,17,19H,5-9,16,18H2,1-4H3,(H,26,27). The van der Waals surface area contributed by atoms with Crippen molar-refractivity contribution in [3.05, 3.63) is 53.6 Å². The molecule has 2 aromatic rings. The smallest absolute Gasteiger partial charge is 0.262 e. The summed E-state index contributed by atoms with van der Waals surface area (Å²) in [4.78, 5) is 12.3. The van der Waals surface area contributed by atoms with Crippen LogP contribution in [0.3, 0.4) is 0 Å². The summed E-state index contributed by atoms with van der Waals surface area (Å²) in [5.74, 6) is 1.77. The van der Waals surface area contributed by atoms with Gasteiger partial charge in [-0.15, -0.1) is 0 Å². The molecule has 158 valence electrons. The molecule has 1 amide bonds. The Kier molecular flexibility index (Phi) is 9.55. The van der Waals surface area contributed by atoms with Crippen LogP contribution >= 0.6 is 0 Å². The van der Waals surface area contributed by atoms with Crippen molar-refractivity contribution in [1.82, 2.24) is 0 Å². The van der Waals surface area contributed by atoms with Crippen LogP contribution in [0.4, 0.5) is 5.69 Å². The summed E-state index contributed by atoms with van der Waals surface area (Å²) in [7, 11) is 0. The Hall–Kier alpha value is -2.49. The fourth-order valence-electron chi connectivity index (χ4n) is 3.11. The first-order valence-electron chi connectivity index (χ1n) is 10.8. The van der Waals surface area contributed by atoms with Crippen molar-refractivity contribution in [3.8, 4) is 11.5 Å². The molecule has 4 nitrogen and oxygen atoms in total. The van der Waals surface area contributed by atoms with E-state index in [1.807, 2.05) is 37.3 Å². The van der Waals surface area contributed by atoms with Gasteiger partial charge in [0.1, 0.15) is 11.5 Å². The number of benzene rings is 2. The van der Waals surface area contributed by atoms with Gasteiger partial charge in [-0.2, -0.15) is 0 Å². The number of rotatable bonds is 12. The Labute approximate surface area is 175 Å². The fourth-order valence-corrected chi connectivity index (χ4v) is 3.11. The lowest BCUT2D eigenvalue weighted by atomic mass is 10.0. The average Bonchev–Trinajstić information content (AvgIpc) is 2.70. The minimum absolute atomic E-state index is 0.0147. The summed E-state index contributed by atoms with van der Waals surface area (Å²) < 4.78 is 11.6. The summed E-state index contributed by atoms with van der Waals surface area (Å²) in [5.41, 5.74) is 2.97. The molecule has 4 heteroatoms. The number of nitrogens with one attached hydrogen (secondary N) is 1. The number of ether oxygens (including phenoxy) is 2. The molecular formula is C25H35NO3. The second-order valence-electron chi connectivity index (χ2n) is 7.82. The van der Waals surface area contributed by atoms with Crippen LogP contribution in [0, 0.1) is 6.92 Å². The van der Waals surface area contributed by atoms with Crippen LogP contribution in [-0.4, -0.2) is 19.1 Å². The van der Waals surface area contributed by atoms with E-state index in [0.29, 0.717) is 5.92 Å². The van der Waals surface area contributed by atoms with Gasteiger partial charge in [0.2, 0.25) is 0 Å². The number of aryl methyl sites for hydroxylation is 1. The van der Waals surface area contributed by atoms with Crippen molar-refractivity contribution < 1.29 is 14.3 Å². The highest BCUT2D eigenvalue weighted by Crippen LogP contribution is 2.27. The van der Waals surface area contributed by atoms with E-state index >= 15 is 0 Å². The molecule has 0 radical (unpaired) electrons. The zero-order valence-corrected chi connectivity index (χ0v) is 18.3. The predicted octanol–water partition coefficient (Wildman–Crippen LogP) is 6.49. The van der Waals surface area contributed by atoms with E-state index in [1.54, 1.807) is 0 Å². The van der Waals surface area contributed by atoms with E-state index in [4.69, 9.17) is 9.47 Å². The third-order valence-corrected chi connectivity index (χ3v) is 4.80. The molecule has 0 heterocycles. The second kappa shape index (κ2) is 12.2. The number of amides is 1. The van der Waals surface area contributed by atoms with Crippen LogP contribution < -0.4 is 14.8 Å². The summed E-state index contributed by atoms with van der Waals surface area (Å²) >= 11 is 0.